The predicted octanol–water partition coefficient (Wildman–Crippen LogP) is 3.47. The molecule has 0 spiro atoms. The molecule has 0 atom stereocenters. The maximum atomic E-state index is 12.9. The minimum Gasteiger partial charge on any atom is -0.322 e. The minimum absolute atomic E-state index is 0.243. The van der Waals surface area contributed by atoms with E-state index in [1.807, 2.05) is 6.92 Å². The van der Waals surface area contributed by atoms with Gasteiger partial charge in [0.05, 0.1) is 11.1 Å². The summed E-state index contributed by atoms with van der Waals surface area (Å²) in [5.74, 6) is -1.52. The smallest absolute Gasteiger partial charge is 0.261 e. The molecular formula is C19H17FN2O3. The molecule has 2 aromatic rings. The molecule has 2 aromatic carbocycles. The average molecular weight is 340 g/mol. The molecule has 3 amide bonds. The minimum atomic E-state index is -0.429. The Bertz CT molecular complexity index is 846. The molecule has 0 radical (unpaired) electrons. The normalized spacial score (nSPS) is 13.1. The largest absolute Gasteiger partial charge is 0.322 e. The number of hydrogen-bond acceptors (Lipinski definition) is 3. The van der Waals surface area contributed by atoms with Gasteiger partial charge in [-0.25, -0.2) is 4.39 Å². The summed E-state index contributed by atoms with van der Waals surface area (Å²) < 4.78 is 12.9. The number of nitrogens with zero attached hydrogens (tertiary/aromatic N) is 1. The average Bonchev–Trinajstić information content (AvgIpc) is 2.85. The zero-order valence-electron chi connectivity index (χ0n) is 13.7. The van der Waals surface area contributed by atoms with Gasteiger partial charge in [-0.05, 0) is 48.9 Å². The first kappa shape index (κ1) is 16.8. The molecule has 5 nitrogen and oxygen atoms in total. The number of amides is 3. The van der Waals surface area contributed by atoms with Crippen molar-refractivity contribution in [3.63, 3.8) is 0 Å². The van der Waals surface area contributed by atoms with E-state index in [1.54, 1.807) is 0 Å². The highest BCUT2D eigenvalue weighted by Gasteiger charge is 2.35. The highest BCUT2D eigenvalue weighted by molar-refractivity contribution is 6.22. The Labute approximate surface area is 144 Å². The van der Waals surface area contributed by atoms with Crippen molar-refractivity contribution in [1.29, 1.82) is 0 Å². The Morgan fingerprint density at radius 3 is 2.40 bits per heavy atom. The van der Waals surface area contributed by atoms with Crippen molar-refractivity contribution in [2.24, 2.45) is 0 Å². The van der Waals surface area contributed by atoms with Crippen LogP contribution < -0.4 is 5.32 Å². The SMILES string of the molecule is CCCCN1C(=O)c2ccc(C(=O)Nc3ccc(F)cc3)cc2C1=O. The van der Waals surface area contributed by atoms with Gasteiger partial charge in [-0.3, -0.25) is 19.3 Å². The molecule has 25 heavy (non-hydrogen) atoms. The van der Waals surface area contributed by atoms with Crippen LogP contribution in [0, 0.1) is 5.82 Å². The van der Waals surface area contributed by atoms with E-state index in [9.17, 15) is 18.8 Å². The van der Waals surface area contributed by atoms with Gasteiger partial charge in [-0.15, -0.1) is 0 Å². The lowest BCUT2D eigenvalue weighted by molar-refractivity contribution is 0.0652. The Morgan fingerprint density at radius 2 is 1.72 bits per heavy atom. The van der Waals surface area contributed by atoms with Crippen LogP contribution in [0.4, 0.5) is 10.1 Å². The number of carbonyl (C=O) groups excluding carboxylic acids is 3. The van der Waals surface area contributed by atoms with Crippen molar-refractivity contribution in [2.75, 3.05) is 11.9 Å². The van der Waals surface area contributed by atoms with Gasteiger partial charge in [-0.1, -0.05) is 13.3 Å². The third-order valence-corrected chi connectivity index (χ3v) is 4.07. The maximum absolute atomic E-state index is 12.9. The maximum Gasteiger partial charge on any atom is 0.261 e. The van der Waals surface area contributed by atoms with Crippen LogP contribution in [-0.2, 0) is 0 Å². The van der Waals surface area contributed by atoms with Crippen LogP contribution in [0.5, 0.6) is 0 Å². The molecule has 0 aliphatic carbocycles. The summed E-state index contributed by atoms with van der Waals surface area (Å²) in [5.41, 5.74) is 1.27. The molecule has 0 saturated heterocycles. The number of carbonyl (C=O) groups is 3. The summed E-state index contributed by atoms with van der Waals surface area (Å²) in [6.45, 7) is 2.36. The van der Waals surface area contributed by atoms with E-state index in [-0.39, 0.29) is 22.9 Å². The van der Waals surface area contributed by atoms with Crippen LogP contribution in [0.15, 0.2) is 42.5 Å². The first-order valence-corrected chi connectivity index (χ1v) is 8.08. The van der Waals surface area contributed by atoms with Gasteiger partial charge < -0.3 is 5.32 Å². The zero-order valence-corrected chi connectivity index (χ0v) is 13.7. The molecule has 1 aliphatic rings. The fraction of sp³-hybridized carbons (Fsp3) is 0.211. The van der Waals surface area contributed by atoms with Gasteiger partial charge in [0, 0.05) is 17.8 Å². The Hall–Kier alpha value is -3.02. The number of nitrogens with one attached hydrogen (secondary N) is 1. The van der Waals surface area contributed by atoms with E-state index >= 15 is 0 Å². The molecule has 1 heterocycles. The highest BCUT2D eigenvalue weighted by Crippen LogP contribution is 2.25. The van der Waals surface area contributed by atoms with Crippen LogP contribution in [0.1, 0.15) is 50.8 Å². The Morgan fingerprint density at radius 1 is 1.04 bits per heavy atom. The molecule has 6 heteroatoms. The molecule has 0 saturated carbocycles. The number of halogens is 1. The van der Waals surface area contributed by atoms with E-state index in [0.29, 0.717) is 17.8 Å². The van der Waals surface area contributed by atoms with Crippen molar-refractivity contribution in [1.82, 2.24) is 4.90 Å². The lowest BCUT2D eigenvalue weighted by atomic mass is 10.1. The van der Waals surface area contributed by atoms with Gasteiger partial charge in [-0.2, -0.15) is 0 Å². The molecule has 0 bridgehead atoms. The lowest BCUT2D eigenvalue weighted by Crippen LogP contribution is -2.30. The molecule has 128 valence electrons. The number of unbranched alkanes of at least 4 members (excludes halogenated alkanes) is 1. The molecule has 1 aliphatic heterocycles. The van der Waals surface area contributed by atoms with Crippen LogP contribution in [0.3, 0.4) is 0 Å². The number of fused-ring (bicyclic) bond motifs is 1. The van der Waals surface area contributed by atoms with Gasteiger partial charge in [0.25, 0.3) is 17.7 Å². The van der Waals surface area contributed by atoms with Crippen molar-refractivity contribution in [3.05, 3.63) is 65.0 Å². The van der Waals surface area contributed by atoms with E-state index in [2.05, 4.69) is 5.32 Å². The summed E-state index contributed by atoms with van der Waals surface area (Å²) in [6, 6.07) is 9.81. The fourth-order valence-electron chi connectivity index (χ4n) is 2.69. The van der Waals surface area contributed by atoms with Gasteiger partial charge in [0.1, 0.15) is 5.82 Å². The quantitative estimate of drug-likeness (QED) is 0.848. The van der Waals surface area contributed by atoms with Gasteiger partial charge in [0.2, 0.25) is 0 Å². The topological polar surface area (TPSA) is 66.5 Å². The second-order valence-corrected chi connectivity index (χ2v) is 5.84. The molecule has 0 fully saturated rings. The van der Waals surface area contributed by atoms with Gasteiger partial charge in [0.15, 0.2) is 0 Å². The third-order valence-electron chi connectivity index (χ3n) is 4.07. The first-order chi connectivity index (χ1) is 12.0. The molecular weight excluding hydrogens is 323 g/mol. The second-order valence-electron chi connectivity index (χ2n) is 5.84. The van der Waals surface area contributed by atoms with Crippen LogP contribution in [0.2, 0.25) is 0 Å². The molecule has 0 unspecified atom stereocenters. The van der Waals surface area contributed by atoms with E-state index < -0.39 is 11.7 Å². The van der Waals surface area contributed by atoms with E-state index in [4.69, 9.17) is 0 Å². The van der Waals surface area contributed by atoms with Crippen molar-refractivity contribution in [3.8, 4) is 0 Å². The van der Waals surface area contributed by atoms with Crippen molar-refractivity contribution in [2.45, 2.75) is 19.8 Å². The zero-order chi connectivity index (χ0) is 18.0. The van der Waals surface area contributed by atoms with Crippen LogP contribution >= 0.6 is 0 Å². The predicted molar refractivity (Wildman–Crippen MR) is 91.1 cm³/mol. The van der Waals surface area contributed by atoms with E-state index in [0.717, 1.165) is 12.8 Å². The van der Waals surface area contributed by atoms with E-state index in [1.165, 1.54) is 47.4 Å². The summed E-state index contributed by atoms with van der Waals surface area (Å²) in [5, 5.41) is 2.63. The standard InChI is InChI=1S/C19H17FN2O3/c1-2-3-10-22-18(24)15-9-4-12(11-16(15)19(22)25)17(23)21-14-7-5-13(20)6-8-14/h4-9,11H,2-3,10H2,1H3,(H,21,23). The third kappa shape index (κ3) is 3.28. The fourth-order valence-corrected chi connectivity index (χ4v) is 2.69. The summed E-state index contributed by atoms with van der Waals surface area (Å²) in [4.78, 5) is 38.2. The summed E-state index contributed by atoms with van der Waals surface area (Å²) >= 11 is 0. The Balaban J connectivity index is 1.81. The molecule has 3 rings (SSSR count). The highest BCUT2D eigenvalue weighted by atomic mass is 19.1. The van der Waals surface area contributed by atoms with Crippen molar-refractivity contribution < 1.29 is 18.8 Å². The number of rotatable bonds is 5. The lowest BCUT2D eigenvalue weighted by Gasteiger charge is -2.12. The number of hydrogen-bond donors (Lipinski definition) is 1. The Kier molecular flexibility index (Phi) is 4.61. The molecule has 1 N–H and O–H groups in total. The van der Waals surface area contributed by atoms with Gasteiger partial charge >= 0.3 is 0 Å². The monoisotopic (exact) mass is 340 g/mol. The summed E-state index contributed by atoms with van der Waals surface area (Å²) in [6.07, 6.45) is 1.61. The second kappa shape index (κ2) is 6.84. The number of imide groups is 1. The summed E-state index contributed by atoms with van der Waals surface area (Å²) in [7, 11) is 0. The first-order valence-electron chi connectivity index (χ1n) is 8.08. The van der Waals surface area contributed by atoms with Crippen LogP contribution in [-0.4, -0.2) is 29.2 Å². The van der Waals surface area contributed by atoms with Crippen LogP contribution in [0.25, 0.3) is 0 Å². The molecule has 0 aromatic heterocycles. The number of anilines is 1. The number of benzene rings is 2. The van der Waals surface area contributed by atoms with Crippen molar-refractivity contribution >= 4 is 23.4 Å².